The summed E-state index contributed by atoms with van der Waals surface area (Å²) in [6, 6.07) is 2.29. The highest BCUT2D eigenvalue weighted by atomic mass is 35.5. The molecule has 2 aromatic rings. The van der Waals surface area contributed by atoms with Gasteiger partial charge in [0.2, 0.25) is 0 Å². The molecular weight excluding hydrogens is 385 g/mol. The molecule has 0 aliphatic carbocycles. The van der Waals surface area contributed by atoms with Gasteiger partial charge in [-0.15, -0.1) is 0 Å². The van der Waals surface area contributed by atoms with Crippen LogP contribution in [0.5, 0.6) is 0 Å². The number of benzene rings is 1. The second-order valence-corrected chi connectivity index (χ2v) is 7.25. The Balaban J connectivity index is 2.08. The van der Waals surface area contributed by atoms with Crippen molar-refractivity contribution in [1.29, 1.82) is 0 Å². The number of nitrogens with one attached hydrogen (secondary N) is 1. The number of anilines is 1. The number of amides is 1. The Morgan fingerprint density at radius 1 is 1.30 bits per heavy atom. The number of alkyl carbamates (subject to hydrolysis) is 1. The Morgan fingerprint density at radius 3 is 2.56 bits per heavy atom. The van der Waals surface area contributed by atoms with E-state index in [0.717, 1.165) is 6.07 Å². The molecule has 2 rings (SSSR count). The predicted octanol–water partition coefficient (Wildman–Crippen LogP) is 4.33. The number of rotatable bonds is 4. The van der Waals surface area contributed by atoms with Crippen LogP contribution in [-0.2, 0) is 17.5 Å². The lowest BCUT2D eigenvalue weighted by Crippen LogP contribution is -2.34. The van der Waals surface area contributed by atoms with Gasteiger partial charge >= 0.3 is 12.3 Å². The molecule has 0 unspecified atom stereocenters. The summed E-state index contributed by atoms with van der Waals surface area (Å²) in [5.41, 5.74) is 4.01. The van der Waals surface area contributed by atoms with Crippen LogP contribution in [0.25, 0.3) is 11.1 Å². The highest BCUT2D eigenvalue weighted by Crippen LogP contribution is 2.39. The Morgan fingerprint density at radius 2 is 1.96 bits per heavy atom. The zero-order chi connectivity index (χ0) is 20.4. The van der Waals surface area contributed by atoms with Crippen molar-refractivity contribution in [3.63, 3.8) is 0 Å². The van der Waals surface area contributed by atoms with E-state index in [1.54, 1.807) is 27.0 Å². The van der Waals surface area contributed by atoms with Gasteiger partial charge in [0.1, 0.15) is 5.60 Å². The Bertz CT molecular complexity index is 829. The second kappa shape index (κ2) is 7.67. The van der Waals surface area contributed by atoms with Crippen LogP contribution in [0, 0.1) is 0 Å². The van der Waals surface area contributed by atoms with Gasteiger partial charge in [-0.3, -0.25) is 4.68 Å². The van der Waals surface area contributed by atoms with Crippen molar-refractivity contribution in [3.05, 3.63) is 35.1 Å². The maximum absolute atomic E-state index is 13.1. The van der Waals surface area contributed by atoms with Gasteiger partial charge in [-0.25, -0.2) is 4.79 Å². The fourth-order valence-electron chi connectivity index (χ4n) is 2.24. The van der Waals surface area contributed by atoms with E-state index >= 15 is 0 Å². The van der Waals surface area contributed by atoms with Crippen LogP contribution in [0.1, 0.15) is 26.3 Å². The zero-order valence-electron chi connectivity index (χ0n) is 15.0. The van der Waals surface area contributed by atoms with Crippen LogP contribution in [-0.4, -0.2) is 28.0 Å². The molecule has 0 spiro atoms. The summed E-state index contributed by atoms with van der Waals surface area (Å²) in [4.78, 5) is 11.6. The van der Waals surface area contributed by atoms with Gasteiger partial charge < -0.3 is 15.8 Å². The van der Waals surface area contributed by atoms with Gasteiger partial charge in [0, 0.05) is 18.3 Å². The third kappa shape index (κ3) is 5.78. The van der Waals surface area contributed by atoms with Crippen molar-refractivity contribution in [2.75, 3.05) is 12.3 Å². The van der Waals surface area contributed by atoms with E-state index in [4.69, 9.17) is 22.1 Å². The molecule has 1 heterocycles. The highest BCUT2D eigenvalue weighted by molar-refractivity contribution is 6.33. The summed E-state index contributed by atoms with van der Waals surface area (Å²) in [6.07, 6.45) is -2.21. The summed E-state index contributed by atoms with van der Waals surface area (Å²) < 4.78 is 45.8. The summed E-state index contributed by atoms with van der Waals surface area (Å²) >= 11 is 5.84. The number of halogens is 4. The third-order valence-electron chi connectivity index (χ3n) is 3.41. The molecule has 0 atom stereocenters. The van der Waals surface area contributed by atoms with Crippen molar-refractivity contribution >= 4 is 23.4 Å². The molecular formula is C17H20ClF3N4O2. The minimum Gasteiger partial charge on any atom is -0.444 e. The maximum atomic E-state index is 13.1. The predicted molar refractivity (Wildman–Crippen MR) is 96.3 cm³/mol. The van der Waals surface area contributed by atoms with Gasteiger partial charge in [0.25, 0.3) is 0 Å². The minimum atomic E-state index is -4.61. The number of nitrogens with zero attached hydrogens (tertiary/aromatic N) is 2. The Hall–Kier alpha value is -2.42. The summed E-state index contributed by atoms with van der Waals surface area (Å²) in [7, 11) is 0. The van der Waals surface area contributed by atoms with E-state index in [-0.39, 0.29) is 17.1 Å². The molecule has 10 heteroatoms. The van der Waals surface area contributed by atoms with Crippen LogP contribution in [0.4, 0.5) is 23.7 Å². The molecule has 27 heavy (non-hydrogen) atoms. The lowest BCUT2D eigenvalue weighted by molar-refractivity contribution is -0.136. The summed E-state index contributed by atoms with van der Waals surface area (Å²) in [5, 5.41) is 6.47. The number of carbonyl (C=O) groups excluding carboxylic acids is 1. The van der Waals surface area contributed by atoms with E-state index in [0.29, 0.717) is 12.1 Å². The number of alkyl halides is 3. The molecule has 0 radical (unpaired) electrons. The Kier molecular flexibility index (Phi) is 5.94. The van der Waals surface area contributed by atoms with Crippen LogP contribution < -0.4 is 11.1 Å². The third-order valence-corrected chi connectivity index (χ3v) is 3.72. The molecule has 0 saturated carbocycles. The normalized spacial score (nSPS) is 12.1. The van der Waals surface area contributed by atoms with Gasteiger partial charge in [0.15, 0.2) is 0 Å². The average molecular weight is 405 g/mol. The fraction of sp³-hybridized carbons (Fsp3) is 0.412. The smallest absolute Gasteiger partial charge is 0.418 e. The average Bonchev–Trinajstić information content (AvgIpc) is 2.95. The van der Waals surface area contributed by atoms with Gasteiger partial charge in [-0.05, 0) is 38.5 Å². The molecule has 1 aromatic heterocycles. The fourth-order valence-corrected chi connectivity index (χ4v) is 2.46. The van der Waals surface area contributed by atoms with Crippen molar-refractivity contribution in [3.8, 4) is 11.1 Å². The van der Waals surface area contributed by atoms with E-state index in [1.165, 1.54) is 16.9 Å². The standard InChI is InChI=1S/C17H20ClF3N4O2/c1-16(2,3)27-15(26)23-4-5-25-9-11(8-24-25)10-6-12(17(19,20)21)14(22)13(18)7-10/h6-9H,4-5,22H2,1-3H3,(H,23,26). The molecule has 0 saturated heterocycles. The zero-order valence-corrected chi connectivity index (χ0v) is 15.8. The van der Waals surface area contributed by atoms with Gasteiger partial charge in [-0.1, -0.05) is 11.6 Å². The first-order valence-electron chi connectivity index (χ1n) is 8.03. The van der Waals surface area contributed by atoms with Crippen molar-refractivity contribution in [2.45, 2.75) is 39.1 Å². The van der Waals surface area contributed by atoms with Crippen molar-refractivity contribution in [1.82, 2.24) is 15.1 Å². The molecule has 0 aliphatic heterocycles. The first kappa shape index (κ1) is 20.9. The molecule has 6 nitrogen and oxygen atoms in total. The quantitative estimate of drug-likeness (QED) is 0.743. The van der Waals surface area contributed by atoms with E-state index in [2.05, 4.69) is 10.4 Å². The number of carbonyl (C=O) groups is 1. The first-order chi connectivity index (χ1) is 12.4. The van der Waals surface area contributed by atoms with Crippen LogP contribution >= 0.6 is 11.6 Å². The lowest BCUT2D eigenvalue weighted by atomic mass is 10.0. The van der Waals surface area contributed by atoms with Crippen LogP contribution in [0.2, 0.25) is 5.02 Å². The van der Waals surface area contributed by atoms with E-state index in [1.807, 2.05) is 0 Å². The maximum Gasteiger partial charge on any atom is 0.418 e. The molecule has 1 aromatic carbocycles. The highest BCUT2D eigenvalue weighted by Gasteiger charge is 2.34. The summed E-state index contributed by atoms with van der Waals surface area (Å²) in [6.45, 7) is 5.80. The molecule has 1 amide bonds. The molecule has 0 fully saturated rings. The summed E-state index contributed by atoms with van der Waals surface area (Å²) in [5.74, 6) is 0. The lowest BCUT2D eigenvalue weighted by Gasteiger charge is -2.19. The second-order valence-electron chi connectivity index (χ2n) is 6.84. The number of hydrogen-bond donors (Lipinski definition) is 2. The first-order valence-corrected chi connectivity index (χ1v) is 8.40. The molecule has 0 bridgehead atoms. The van der Waals surface area contributed by atoms with Crippen LogP contribution in [0.15, 0.2) is 24.5 Å². The van der Waals surface area contributed by atoms with Crippen molar-refractivity contribution < 1.29 is 22.7 Å². The number of nitrogen functional groups attached to an aromatic ring is 1. The largest absolute Gasteiger partial charge is 0.444 e. The van der Waals surface area contributed by atoms with Crippen molar-refractivity contribution in [2.24, 2.45) is 0 Å². The number of hydrogen-bond acceptors (Lipinski definition) is 4. The molecule has 148 valence electrons. The van der Waals surface area contributed by atoms with E-state index < -0.39 is 29.1 Å². The number of nitrogens with two attached hydrogens (primary N) is 1. The SMILES string of the molecule is CC(C)(C)OC(=O)NCCn1cc(-c2cc(Cl)c(N)c(C(F)(F)F)c2)cn1. The number of aromatic nitrogens is 2. The van der Waals surface area contributed by atoms with Gasteiger partial charge in [-0.2, -0.15) is 18.3 Å². The minimum absolute atomic E-state index is 0.181. The van der Waals surface area contributed by atoms with E-state index in [9.17, 15) is 18.0 Å². The van der Waals surface area contributed by atoms with Gasteiger partial charge in [0.05, 0.1) is 29.0 Å². The Labute approximate surface area is 159 Å². The molecule has 3 N–H and O–H groups in total. The number of ether oxygens (including phenoxy) is 1. The monoisotopic (exact) mass is 404 g/mol. The molecule has 0 aliphatic rings. The van der Waals surface area contributed by atoms with Crippen LogP contribution in [0.3, 0.4) is 0 Å². The topological polar surface area (TPSA) is 82.2 Å².